The highest BCUT2D eigenvalue weighted by Crippen LogP contribution is 2.19. The first-order chi connectivity index (χ1) is 7.87. The first kappa shape index (κ1) is 14.7. The minimum absolute atomic E-state index is 0.0825. The minimum atomic E-state index is -0.268. The van der Waals surface area contributed by atoms with Crippen molar-refractivity contribution < 1.29 is 4.79 Å². The molecule has 1 amide bonds. The van der Waals surface area contributed by atoms with Crippen molar-refractivity contribution in [3.63, 3.8) is 0 Å². The van der Waals surface area contributed by atoms with Gasteiger partial charge in [0.2, 0.25) is 5.91 Å². The molecule has 0 saturated heterocycles. The Kier molecular flexibility index (Phi) is 5.62. The van der Waals surface area contributed by atoms with Crippen LogP contribution in [0.15, 0.2) is 15.9 Å². The summed E-state index contributed by atoms with van der Waals surface area (Å²) in [6.45, 7) is 4.56. The van der Waals surface area contributed by atoms with Gasteiger partial charge in [0.25, 0.3) is 0 Å². The van der Waals surface area contributed by atoms with Gasteiger partial charge in [-0.05, 0) is 48.7 Å². The van der Waals surface area contributed by atoms with E-state index in [1.54, 1.807) is 11.3 Å². The van der Waals surface area contributed by atoms with Crippen LogP contribution in [0.3, 0.4) is 0 Å². The van der Waals surface area contributed by atoms with Crippen LogP contribution in [-0.2, 0) is 11.2 Å². The fraction of sp³-hybridized carbons (Fsp3) is 0.583. The van der Waals surface area contributed by atoms with Gasteiger partial charge < -0.3 is 11.1 Å². The SMILES string of the molecule is CC(C)(N)CCC(=O)NCCc1cc(Br)cs1. The molecule has 3 nitrogen and oxygen atoms in total. The fourth-order valence-corrected chi connectivity index (χ4v) is 2.79. The standard InChI is InChI=1S/C12H19BrN2OS/c1-12(2,14)5-3-11(16)15-6-4-10-7-9(13)8-17-10/h7-8H,3-6,14H2,1-2H3,(H,15,16). The highest BCUT2D eigenvalue weighted by Gasteiger charge is 2.12. The number of carbonyl (C=O) groups excluding carboxylic acids is 1. The largest absolute Gasteiger partial charge is 0.356 e. The van der Waals surface area contributed by atoms with Crippen molar-refractivity contribution in [2.45, 2.75) is 38.6 Å². The number of amides is 1. The number of hydrogen-bond acceptors (Lipinski definition) is 3. The predicted octanol–water partition coefficient (Wildman–Crippen LogP) is 2.69. The van der Waals surface area contributed by atoms with E-state index in [1.807, 2.05) is 19.2 Å². The molecule has 1 aromatic rings. The van der Waals surface area contributed by atoms with Crippen molar-refractivity contribution in [3.05, 3.63) is 20.8 Å². The van der Waals surface area contributed by atoms with E-state index in [2.05, 4.69) is 27.3 Å². The van der Waals surface area contributed by atoms with Crippen molar-refractivity contribution in [2.75, 3.05) is 6.54 Å². The summed E-state index contributed by atoms with van der Waals surface area (Å²) < 4.78 is 1.11. The summed E-state index contributed by atoms with van der Waals surface area (Å²) in [7, 11) is 0. The summed E-state index contributed by atoms with van der Waals surface area (Å²) in [5.74, 6) is 0.0825. The van der Waals surface area contributed by atoms with Crippen molar-refractivity contribution in [2.24, 2.45) is 5.73 Å². The van der Waals surface area contributed by atoms with Crippen molar-refractivity contribution in [1.29, 1.82) is 0 Å². The molecule has 1 heterocycles. The Morgan fingerprint density at radius 2 is 2.29 bits per heavy atom. The maximum absolute atomic E-state index is 11.5. The molecule has 0 unspecified atom stereocenters. The second kappa shape index (κ2) is 6.52. The van der Waals surface area contributed by atoms with E-state index >= 15 is 0 Å². The highest BCUT2D eigenvalue weighted by molar-refractivity contribution is 9.10. The fourth-order valence-electron chi connectivity index (χ4n) is 1.33. The lowest BCUT2D eigenvalue weighted by Crippen LogP contribution is -2.34. The van der Waals surface area contributed by atoms with Gasteiger partial charge in [-0.3, -0.25) is 4.79 Å². The first-order valence-electron chi connectivity index (χ1n) is 5.65. The molecule has 17 heavy (non-hydrogen) atoms. The van der Waals surface area contributed by atoms with Crippen LogP contribution in [0.25, 0.3) is 0 Å². The van der Waals surface area contributed by atoms with Gasteiger partial charge in [-0.25, -0.2) is 0 Å². The number of hydrogen-bond donors (Lipinski definition) is 2. The molecule has 96 valence electrons. The molecule has 0 aliphatic heterocycles. The number of carbonyl (C=O) groups is 1. The number of nitrogens with one attached hydrogen (secondary N) is 1. The third kappa shape index (κ3) is 6.81. The molecular formula is C12H19BrN2OS. The first-order valence-corrected chi connectivity index (χ1v) is 7.32. The molecule has 1 aromatic heterocycles. The molecule has 1 rings (SSSR count). The lowest BCUT2D eigenvalue weighted by atomic mass is 10.00. The topological polar surface area (TPSA) is 55.1 Å². The Morgan fingerprint density at radius 3 is 2.82 bits per heavy atom. The Balaban J connectivity index is 2.16. The Bertz CT molecular complexity index is 371. The van der Waals surface area contributed by atoms with Crippen LogP contribution in [0.4, 0.5) is 0 Å². The molecular weight excluding hydrogens is 300 g/mol. The van der Waals surface area contributed by atoms with E-state index in [4.69, 9.17) is 5.73 Å². The van der Waals surface area contributed by atoms with Gasteiger partial charge in [0, 0.05) is 33.2 Å². The number of halogens is 1. The molecule has 0 radical (unpaired) electrons. The van der Waals surface area contributed by atoms with Crippen molar-refractivity contribution in [3.8, 4) is 0 Å². The van der Waals surface area contributed by atoms with Crippen molar-refractivity contribution in [1.82, 2.24) is 5.32 Å². The maximum atomic E-state index is 11.5. The maximum Gasteiger partial charge on any atom is 0.220 e. The number of nitrogens with two attached hydrogens (primary N) is 1. The monoisotopic (exact) mass is 318 g/mol. The Hall–Kier alpha value is -0.390. The van der Waals surface area contributed by atoms with Gasteiger partial charge in [0.15, 0.2) is 0 Å². The van der Waals surface area contributed by atoms with Crippen molar-refractivity contribution >= 4 is 33.2 Å². The zero-order valence-corrected chi connectivity index (χ0v) is 12.7. The summed E-state index contributed by atoms with van der Waals surface area (Å²) >= 11 is 5.11. The number of rotatable bonds is 6. The number of thiophene rings is 1. The van der Waals surface area contributed by atoms with Gasteiger partial charge in [-0.15, -0.1) is 11.3 Å². The zero-order chi connectivity index (χ0) is 12.9. The van der Waals surface area contributed by atoms with E-state index in [0.29, 0.717) is 19.4 Å². The second-order valence-electron chi connectivity index (χ2n) is 4.82. The van der Waals surface area contributed by atoms with Crippen LogP contribution in [0, 0.1) is 0 Å². The van der Waals surface area contributed by atoms with Gasteiger partial charge in [0.1, 0.15) is 0 Å². The van der Waals surface area contributed by atoms with E-state index in [-0.39, 0.29) is 11.4 Å². The summed E-state index contributed by atoms with van der Waals surface area (Å²) in [5, 5.41) is 4.96. The Labute approximate surface area is 115 Å². The smallest absolute Gasteiger partial charge is 0.220 e. The third-order valence-electron chi connectivity index (χ3n) is 2.31. The summed E-state index contributed by atoms with van der Waals surface area (Å²) in [6.07, 6.45) is 2.09. The van der Waals surface area contributed by atoms with E-state index < -0.39 is 0 Å². The molecule has 5 heteroatoms. The van der Waals surface area contributed by atoms with Crippen LogP contribution in [0.2, 0.25) is 0 Å². The minimum Gasteiger partial charge on any atom is -0.356 e. The average Bonchev–Trinajstić information content (AvgIpc) is 2.60. The molecule has 0 aliphatic rings. The van der Waals surface area contributed by atoms with Gasteiger partial charge in [0.05, 0.1) is 0 Å². The quantitative estimate of drug-likeness (QED) is 0.847. The van der Waals surface area contributed by atoms with Crippen LogP contribution in [-0.4, -0.2) is 18.0 Å². The lowest BCUT2D eigenvalue weighted by molar-refractivity contribution is -0.121. The molecule has 0 atom stereocenters. The van der Waals surface area contributed by atoms with Crippen LogP contribution >= 0.6 is 27.3 Å². The summed E-state index contributed by atoms with van der Waals surface area (Å²) in [6, 6.07) is 2.08. The third-order valence-corrected chi connectivity index (χ3v) is 4.07. The van der Waals surface area contributed by atoms with E-state index in [9.17, 15) is 4.79 Å². The predicted molar refractivity (Wildman–Crippen MR) is 76.2 cm³/mol. The highest BCUT2D eigenvalue weighted by atomic mass is 79.9. The van der Waals surface area contributed by atoms with Gasteiger partial charge in [-0.1, -0.05) is 0 Å². The zero-order valence-electron chi connectivity index (χ0n) is 10.3. The second-order valence-corrected chi connectivity index (χ2v) is 6.73. The molecule has 0 aliphatic carbocycles. The summed E-state index contributed by atoms with van der Waals surface area (Å²) in [4.78, 5) is 12.8. The normalized spacial score (nSPS) is 11.5. The molecule has 0 bridgehead atoms. The average molecular weight is 319 g/mol. The van der Waals surface area contributed by atoms with Gasteiger partial charge in [-0.2, -0.15) is 0 Å². The van der Waals surface area contributed by atoms with Gasteiger partial charge >= 0.3 is 0 Å². The molecule has 0 saturated carbocycles. The van der Waals surface area contributed by atoms with E-state index in [1.165, 1.54) is 4.88 Å². The van der Waals surface area contributed by atoms with E-state index in [0.717, 1.165) is 10.9 Å². The molecule has 0 spiro atoms. The lowest BCUT2D eigenvalue weighted by Gasteiger charge is -2.17. The van der Waals surface area contributed by atoms with Crippen LogP contribution in [0.1, 0.15) is 31.6 Å². The molecule has 0 fully saturated rings. The van der Waals surface area contributed by atoms with Crippen LogP contribution in [0.5, 0.6) is 0 Å². The molecule has 0 aromatic carbocycles. The van der Waals surface area contributed by atoms with Crippen LogP contribution < -0.4 is 11.1 Å². The molecule has 3 N–H and O–H groups in total. The Morgan fingerprint density at radius 1 is 1.59 bits per heavy atom. The summed E-state index contributed by atoms with van der Waals surface area (Å²) in [5.41, 5.74) is 5.55.